The molecule has 0 radical (unpaired) electrons. The van der Waals surface area contributed by atoms with Crippen molar-refractivity contribution >= 4 is 11.8 Å². The Morgan fingerprint density at radius 2 is 1.70 bits per heavy atom. The van der Waals surface area contributed by atoms with Crippen LogP contribution in [-0.2, 0) is 4.79 Å². The standard InChI is InChI=1S/C22H27N3O2/c26-22(19-10-14-25(15-11-19)21-16-23-12-13-24-21)27-20-8-6-18(7-9-20)17-4-2-1-3-5-17/h6-9,12-13,16-17,19H,1-5,10-11,14-15H2. The molecule has 1 aliphatic heterocycles. The van der Waals surface area contributed by atoms with Crippen molar-refractivity contribution in [3.05, 3.63) is 48.4 Å². The van der Waals surface area contributed by atoms with Gasteiger partial charge in [0, 0.05) is 25.5 Å². The van der Waals surface area contributed by atoms with Crippen LogP contribution in [0, 0.1) is 5.92 Å². The first-order valence-corrected chi connectivity index (χ1v) is 10.1. The number of anilines is 1. The van der Waals surface area contributed by atoms with Crippen molar-refractivity contribution in [2.75, 3.05) is 18.0 Å². The summed E-state index contributed by atoms with van der Waals surface area (Å²) < 4.78 is 5.65. The van der Waals surface area contributed by atoms with E-state index in [1.54, 1.807) is 18.6 Å². The number of benzene rings is 1. The number of carbonyl (C=O) groups is 1. The number of ether oxygens (including phenoxy) is 1. The van der Waals surface area contributed by atoms with Crippen LogP contribution in [0.25, 0.3) is 0 Å². The number of rotatable bonds is 4. The molecular formula is C22H27N3O2. The zero-order chi connectivity index (χ0) is 18.5. The Hall–Kier alpha value is -2.43. The maximum Gasteiger partial charge on any atom is 0.314 e. The molecule has 0 spiro atoms. The number of aromatic nitrogens is 2. The van der Waals surface area contributed by atoms with Gasteiger partial charge in [0.1, 0.15) is 11.6 Å². The van der Waals surface area contributed by atoms with Crippen LogP contribution in [0.3, 0.4) is 0 Å². The highest BCUT2D eigenvalue weighted by molar-refractivity contribution is 5.75. The van der Waals surface area contributed by atoms with Crippen LogP contribution in [0.4, 0.5) is 5.82 Å². The third-order valence-corrected chi connectivity index (χ3v) is 5.88. The Labute approximate surface area is 160 Å². The molecular weight excluding hydrogens is 338 g/mol. The van der Waals surface area contributed by atoms with Gasteiger partial charge >= 0.3 is 5.97 Å². The highest BCUT2D eigenvalue weighted by Crippen LogP contribution is 2.33. The second-order valence-electron chi connectivity index (χ2n) is 7.65. The molecule has 5 heteroatoms. The summed E-state index contributed by atoms with van der Waals surface area (Å²) in [6.45, 7) is 1.61. The summed E-state index contributed by atoms with van der Waals surface area (Å²) in [7, 11) is 0. The van der Waals surface area contributed by atoms with E-state index in [-0.39, 0.29) is 11.9 Å². The zero-order valence-corrected chi connectivity index (χ0v) is 15.7. The molecule has 27 heavy (non-hydrogen) atoms. The highest BCUT2D eigenvalue weighted by atomic mass is 16.5. The molecule has 1 aliphatic carbocycles. The predicted molar refractivity (Wildman–Crippen MR) is 105 cm³/mol. The Morgan fingerprint density at radius 3 is 2.37 bits per heavy atom. The molecule has 2 fully saturated rings. The minimum atomic E-state index is -0.112. The minimum Gasteiger partial charge on any atom is -0.426 e. The molecule has 2 aromatic rings. The monoisotopic (exact) mass is 365 g/mol. The lowest BCUT2D eigenvalue weighted by atomic mass is 9.84. The molecule has 2 aliphatic rings. The van der Waals surface area contributed by atoms with E-state index >= 15 is 0 Å². The molecule has 2 heterocycles. The van der Waals surface area contributed by atoms with Gasteiger partial charge in [0.05, 0.1) is 12.1 Å². The topological polar surface area (TPSA) is 55.3 Å². The van der Waals surface area contributed by atoms with E-state index in [1.165, 1.54) is 37.7 Å². The second-order valence-corrected chi connectivity index (χ2v) is 7.65. The van der Waals surface area contributed by atoms with Crippen LogP contribution in [0.2, 0.25) is 0 Å². The van der Waals surface area contributed by atoms with Gasteiger partial charge in [0.25, 0.3) is 0 Å². The van der Waals surface area contributed by atoms with Crippen LogP contribution in [0.15, 0.2) is 42.9 Å². The lowest BCUT2D eigenvalue weighted by molar-refractivity contribution is -0.139. The summed E-state index contributed by atoms with van der Waals surface area (Å²) in [6, 6.07) is 8.18. The summed E-state index contributed by atoms with van der Waals surface area (Å²) in [5.41, 5.74) is 1.38. The highest BCUT2D eigenvalue weighted by Gasteiger charge is 2.27. The Kier molecular flexibility index (Phi) is 5.66. The first kappa shape index (κ1) is 18.0. The van der Waals surface area contributed by atoms with E-state index < -0.39 is 0 Å². The van der Waals surface area contributed by atoms with Gasteiger partial charge in [-0.3, -0.25) is 9.78 Å². The lowest BCUT2D eigenvalue weighted by Crippen LogP contribution is -2.38. The largest absolute Gasteiger partial charge is 0.426 e. The van der Waals surface area contributed by atoms with Gasteiger partial charge in [-0.15, -0.1) is 0 Å². The summed E-state index contributed by atoms with van der Waals surface area (Å²) in [6.07, 6.45) is 13.3. The fraction of sp³-hybridized carbons (Fsp3) is 0.500. The number of piperidine rings is 1. The van der Waals surface area contributed by atoms with Crippen LogP contribution >= 0.6 is 0 Å². The molecule has 0 atom stereocenters. The molecule has 5 nitrogen and oxygen atoms in total. The Morgan fingerprint density at radius 1 is 0.963 bits per heavy atom. The third-order valence-electron chi connectivity index (χ3n) is 5.88. The molecule has 0 amide bonds. The van der Waals surface area contributed by atoms with Crippen molar-refractivity contribution in [3.8, 4) is 5.75 Å². The molecule has 1 aromatic carbocycles. The van der Waals surface area contributed by atoms with E-state index in [4.69, 9.17) is 4.74 Å². The lowest BCUT2D eigenvalue weighted by Gasteiger charge is -2.31. The van der Waals surface area contributed by atoms with Crippen molar-refractivity contribution in [1.29, 1.82) is 0 Å². The van der Waals surface area contributed by atoms with Gasteiger partial charge in [-0.2, -0.15) is 0 Å². The third kappa shape index (κ3) is 4.46. The van der Waals surface area contributed by atoms with Gasteiger partial charge in [-0.25, -0.2) is 4.98 Å². The predicted octanol–water partition coefficient (Wildman–Crippen LogP) is 4.35. The Balaban J connectivity index is 1.29. The van der Waals surface area contributed by atoms with Crippen molar-refractivity contribution < 1.29 is 9.53 Å². The van der Waals surface area contributed by atoms with Gasteiger partial charge in [-0.1, -0.05) is 31.4 Å². The molecule has 0 unspecified atom stereocenters. The van der Waals surface area contributed by atoms with Gasteiger partial charge in [-0.05, 0) is 49.3 Å². The SMILES string of the molecule is O=C(Oc1ccc(C2CCCCC2)cc1)C1CCN(c2cnccn2)CC1. The number of carbonyl (C=O) groups excluding carboxylic acids is 1. The molecule has 4 rings (SSSR count). The molecule has 1 aromatic heterocycles. The Bertz CT molecular complexity index is 734. The normalized spacial score (nSPS) is 19.0. The van der Waals surface area contributed by atoms with Crippen LogP contribution in [-0.4, -0.2) is 29.0 Å². The number of nitrogens with zero attached hydrogens (tertiary/aromatic N) is 3. The molecule has 1 saturated heterocycles. The summed E-state index contributed by atoms with van der Waals surface area (Å²) in [5, 5.41) is 0. The maximum atomic E-state index is 12.5. The summed E-state index contributed by atoms with van der Waals surface area (Å²) in [4.78, 5) is 23.2. The minimum absolute atomic E-state index is 0.0454. The van der Waals surface area contributed by atoms with Crippen LogP contribution < -0.4 is 9.64 Å². The average Bonchev–Trinajstić information content (AvgIpc) is 2.76. The smallest absolute Gasteiger partial charge is 0.314 e. The van der Waals surface area contributed by atoms with Gasteiger partial charge in [0.2, 0.25) is 0 Å². The van der Waals surface area contributed by atoms with E-state index in [9.17, 15) is 4.79 Å². The molecule has 0 N–H and O–H groups in total. The van der Waals surface area contributed by atoms with Crippen LogP contribution in [0.5, 0.6) is 5.75 Å². The van der Waals surface area contributed by atoms with Crippen LogP contribution in [0.1, 0.15) is 56.4 Å². The van der Waals surface area contributed by atoms with Crippen molar-refractivity contribution in [1.82, 2.24) is 9.97 Å². The summed E-state index contributed by atoms with van der Waals surface area (Å²) >= 11 is 0. The first-order valence-electron chi connectivity index (χ1n) is 10.1. The number of hydrogen-bond acceptors (Lipinski definition) is 5. The van der Waals surface area contributed by atoms with E-state index in [2.05, 4.69) is 27.0 Å². The fourth-order valence-electron chi connectivity index (χ4n) is 4.24. The molecule has 0 bridgehead atoms. The molecule has 1 saturated carbocycles. The van der Waals surface area contributed by atoms with E-state index in [0.29, 0.717) is 11.7 Å². The first-order chi connectivity index (χ1) is 13.3. The van der Waals surface area contributed by atoms with E-state index in [1.807, 2.05) is 12.1 Å². The molecule has 142 valence electrons. The van der Waals surface area contributed by atoms with Crippen molar-refractivity contribution in [3.63, 3.8) is 0 Å². The van der Waals surface area contributed by atoms with Gasteiger partial charge < -0.3 is 9.64 Å². The second kappa shape index (κ2) is 8.51. The zero-order valence-electron chi connectivity index (χ0n) is 15.7. The average molecular weight is 365 g/mol. The van der Waals surface area contributed by atoms with E-state index in [0.717, 1.165) is 31.7 Å². The fourth-order valence-corrected chi connectivity index (χ4v) is 4.24. The quantitative estimate of drug-likeness (QED) is 0.596. The van der Waals surface area contributed by atoms with Gasteiger partial charge in [0.15, 0.2) is 0 Å². The number of hydrogen-bond donors (Lipinski definition) is 0. The van der Waals surface area contributed by atoms with Crippen molar-refractivity contribution in [2.45, 2.75) is 50.9 Å². The summed E-state index contributed by atoms with van der Waals surface area (Å²) in [5.74, 6) is 2.06. The number of esters is 1. The van der Waals surface area contributed by atoms with Crippen molar-refractivity contribution in [2.24, 2.45) is 5.92 Å². The maximum absolute atomic E-state index is 12.5.